The maximum absolute atomic E-state index is 11.9. The van der Waals surface area contributed by atoms with E-state index >= 15 is 0 Å². The summed E-state index contributed by atoms with van der Waals surface area (Å²) >= 11 is 5.86. The summed E-state index contributed by atoms with van der Waals surface area (Å²) in [7, 11) is 0. The van der Waals surface area contributed by atoms with Crippen molar-refractivity contribution in [3.63, 3.8) is 0 Å². The molecule has 1 heterocycles. The van der Waals surface area contributed by atoms with Gasteiger partial charge in [0.05, 0.1) is 0 Å². The van der Waals surface area contributed by atoms with Crippen LogP contribution in [0.25, 0.3) is 0 Å². The molecule has 1 atom stereocenters. The second-order valence-electron chi connectivity index (χ2n) is 4.70. The summed E-state index contributed by atoms with van der Waals surface area (Å²) in [5.74, 6) is -0.342. The van der Waals surface area contributed by atoms with E-state index in [0.29, 0.717) is 16.5 Å². The Labute approximate surface area is 132 Å². The molecule has 0 spiro atoms. The third-order valence-corrected chi connectivity index (χ3v) is 3.19. The number of hydrogen-bond acceptors (Lipinski definition) is 3. The fraction of sp³-hybridized carbons (Fsp3) is 0.200. The van der Waals surface area contributed by atoms with Gasteiger partial charge in [-0.2, -0.15) is 0 Å². The van der Waals surface area contributed by atoms with Gasteiger partial charge in [-0.3, -0.25) is 20.4 Å². The molecule has 7 heteroatoms. The van der Waals surface area contributed by atoms with Crippen molar-refractivity contribution in [1.29, 1.82) is 0 Å². The molecule has 0 aliphatic rings. The maximum Gasteiger partial charge on any atom is 0.286 e. The minimum Gasteiger partial charge on any atom is -0.481 e. The molecule has 0 saturated heterocycles. The first-order valence-electron chi connectivity index (χ1n) is 6.64. The summed E-state index contributed by atoms with van der Waals surface area (Å²) in [6.45, 7) is 3.42. The molecular weight excluding hydrogens is 306 g/mol. The van der Waals surface area contributed by atoms with Crippen LogP contribution in [0, 0.1) is 6.92 Å². The van der Waals surface area contributed by atoms with Gasteiger partial charge in [0, 0.05) is 11.2 Å². The molecule has 2 amide bonds. The zero-order chi connectivity index (χ0) is 16.1. The molecule has 2 aromatic rings. The van der Waals surface area contributed by atoms with Gasteiger partial charge in [-0.25, -0.2) is 0 Å². The maximum atomic E-state index is 11.9. The van der Waals surface area contributed by atoms with Crippen molar-refractivity contribution in [2.75, 3.05) is 0 Å². The molecule has 0 saturated carbocycles. The second-order valence-corrected chi connectivity index (χ2v) is 5.13. The van der Waals surface area contributed by atoms with Crippen LogP contribution in [0.5, 0.6) is 5.75 Å². The van der Waals surface area contributed by atoms with E-state index in [1.165, 1.54) is 0 Å². The average Bonchev–Trinajstić information content (AvgIpc) is 3.01. The first kappa shape index (κ1) is 15.9. The molecule has 6 nitrogen and oxygen atoms in total. The standard InChI is InChI=1S/C15H16ClN3O3/c1-9-8-11(16)5-6-13(9)22-10(2)14(20)18-19-15(21)12-4-3-7-17-12/h3-8,10,17H,1-2H3,(H,18,20)(H,19,21). The van der Waals surface area contributed by atoms with Crippen molar-refractivity contribution in [3.05, 3.63) is 52.8 Å². The fourth-order valence-electron chi connectivity index (χ4n) is 1.75. The van der Waals surface area contributed by atoms with Crippen LogP contribution in [0.15, 0.2) is 36.5 Å². The molecular formula is C15H16ClN3O3. The van der Waals surface area contributed by atoms with Crippen molar-refractivity contribution < 1.29 is 14.3 Å². The number of halogens is 1. The van der Waals surface area contributed by atoms with Gasteiger partial charge in [0.1, 0.15) is 11.4 Å². The highest BCUT2D eigenvalue weighted by Crippen LogP contribution is 2.22. The summed E-state index contributed by atoms with van der Waals surface area (Å²) in [6, 6.07) is 8.40. The minimum atomic E-state index is -0.774. The molecule has 0 radical (unpaired) electrons. The Balaban J connectivity index is 1.88. The van der Waals surface area contributed by atoms with Gasteiger partial charge in [0.2, 0.25) is 0 Å². The topological polar surface area (TPSA) is 83.2 Å². The molecule has 0 bridgehead atoms. The zero-order valence-electron chi connectivity index (χ0n) is 12.1. The molecule has 116 valence electrons. The number of nitrogens with one attached hydrogen (secondary N) is 3. The first-order chi connectivity index (χ1) is 10.5. The second kappa shape index (κ2) is 7.00. The Bertz CT molecular complexity index is 671. The lowest BCUT2D eigenvalue weighted by Gasteiger charge is -2.16. The smallest absolute Gasteiger partial charge is 0.286 e. The molecule has 0 aliphatic heterocycles. The molecule has 2 rings (SSSR count). The Morgan fingerprint density at radius 3 is 2.68 bits per heavy atom. The van der Waals surface area contributed by atoms with E-state index in [0.717, 1.165) is 5.56 Å². The first-order valence-corrected chi connectivity index (χ1v) is 7.01. The summed E-state index contributed by atoms with van der Waals surface area (Å²) < 4.78 is 5.56. The van der Waals surface area contributed by atoms with E-state index in [1.807, 2.05) is 6.92 Å². The Morgan fingerprint density at radius 2 is 2.05 bits per heavy atom. The highest BCUT2D eigenvalue weighted by molar-refractivity contribution is 6.30. The fourth-order valence-corrected chi connectivity index (χ4v) is 1.97. The van der Waals surface area contributed by atoms with Gasteiger partial charge >= 0.3 is 0 Å². The number of aromatic amines is 1. The van der Waals surface area contributed by atoms with Gasteiger partial charge < -0.3 is 9.72 Å². The molecule has 3 N–H and O–H groups in total. The lowest BCUT2D eigenvalue weighted by Crippen LogP contribution is -2.47. The van der Waals surface area contributed by atoms with Crippen molar-refractivity contribution in [2.45, 2.75) is 20.0 Å². The molecule has 1 aromatic heterocycles. The summed E-state index contributed by atoms with van der Waals surface area (Å²) in [6.07, 6.45) is 0.843. The highest BCUT2D eigenvalue weighted by atomic mass is 35.5. The van der Waals surface area contributed by atoms with Crippen LogP contribution in [0.3, 0.4) is 0 Å². The number of carbonyl (C=O) groups is 2. The minimum absolute atomic E-state index is 0.349. The van der Waals surface area contributed by atoms with Gasteiger partial charge in [-0.15, -0.1) is 0 Å². The Hall–Kier alpha value is -2.47. The van der Waals surface area contributed by atoms with Crippen LogP contribution in [-0.2, 0) is 4.79 Å². The molecule has 1 unspecified atom stereocenters. The number of aryl methyl sites for hydroxylation is 1. The predicted molar refractivity (Wildman–Crippen MR) is 82.7 cm³/mol. The van der Waals surface area contributed by atoms with Crippen LogP contribution in [0.4, 0.5) is 0 Å². The molecule has 1 aromatic carbocycles. The molecule has 0 fully saturated rings. The van der Waals surface area contributed by atoms with Crippen LogP contribution in [0.2, 0.25) is 5.02 Å². The van der Waals surface area contributed by atoms with Gasteiger partial charge in [-0.05, 0) is 49.7 Å². The van der Waals surface area contributed by atoms with Crippen molar-refractivity contribution in [3.8, 4) is 5.75 Å². The molecule has 22 heavy (non-hydrogen) atoms. The van der Waals surface area contributed by atoms with E-state index in [2.05, 4.69) is 15.8 Å². The van der Waals surface area contributed by atoms with E-state index in [1.54, 1.807) is 43.5 Å². The normalized spacial score (nSPS) is 11.6. The van der Waals surface area contributed by atoms with Crippen LogP contribution in [-0.4, -0.2) is 22.9 Å². The summed E-state index contributed by atoms with van der Waals surface area (Å²) in [4.78, 5) is 26.3. The Kier molecular flexibility index (Phi) is 5.06. The van der Waals surface area contributed by atoms with Gasteiger partial charge in [0.15, 0.2) is 6.10 Å². The Morgan fingerprint density at radius 1 is 1.27 bits per heavy atom. The summed E-state index contributed by atoms with van der Waals surface area (Å²) in [5, 5.41) is 0.597. The number of aromatic nitrogens is 1. The largest absolute Gasteiger partial charge is 0.481 e. The number of ether oxygens (including phenoxy) is 1. The van der Waals surface area contributed by atoms with E-state index in [9.17, 15) is 9.59 Å². The van der Waals surface area contributed by atoms with Crippen molar-refractivity contribution in [2.24, 2.45) is 0 Å². The van der Waals surface area contributed by atoms with Crippen molar-refractivity contribution in [1.82, 2.24) is 15.8 Å². The lowest BCUT2D eigenvalue weighted by atomic mass is 10.2. The van der Waals surface area contributed by atoms with Gasteiger partial charge in [-0.1, -0.05) is 11.6 Å². The number of H-pyrrole nitrogens is 1. The average molecular weight is 322 g/mol. The third-order valence-electron chi connectivity index (χ3n) is 2.95. The van der Waals surface area contributed by atoms with E-state index in [4.69, 9.17) is 16.3 Å². The van der Waals surface area contributed by atoms with E-state index in [-0.39, 0.29) is 0 Å². The lowest BCUT2D eigenvalue weighted by molar-refractivity contribution is -0.128. The monoisotopic (exact) mass is 321 g/mol. The number of carbonyl (C=O) groups excluding carboxylic acids is 2. The third kappa shape index (κ3) is 4.02. The predicted octanol–water partition coefficient (Wildman–Crippen LogP) is 2.21. The highest BCUT2D eigenvalue weighted by Gasteiger charge is 2.17. The zero-order valence-corrected chi connectivity index (χ0v) is 12.9. The van der Waals surface area contributed by atoms with Gasteiger partial charge in [0.25, 0.3) is 11.8 Å². The number of amides is 2. The van der Waals surface area contributed by atoms with Crippen LogP contribution >= 0.6 is 11.6 Å². The number of hydrogen-bond donors (Lipinski definition) is 3. The van der Waals surface area contributed by atoms with Crippen LogP contribution in [0.1, 0.15) is 23.0 Å². The number of hydrazine groups is 1. The quantitative estimate of drug-likeness (QED) is 0.755. The van der Waals surface area contributed by atoms with E-state index < -0.39 is 17.9 Å². The number of rotatable bonds is 4. The molecule has 0 aliphatic carbocycles. The van der Waals surface area contributed by atoms with Crippen LogP contribution < -0.4 is 15.6 Å². The van der Waals surface area contributed by atoms with Crippen molar-refractivity contribution >= 4 is 23.4 Å². The number of benzene rings is 1. The summed E-state index contributed by atoms with van der Waals surface area (Å²) in [5.41, 5.74) is 5.79. The SMILES string of the molecule is Cc1cc(Cl)ccc1OC(C)C(=O)NNC(=O)c1ccc[nH]1.